The molecule has 152 valence electrons. The number of alkyl halides is 2. The van der Waals surface area contributed by atoms with E-state index in [2.05, 4.69) is 30.2 Å². The van der Waals surface area contributed by atoms with E-state index in [9.17, 15) is 13.2 Å². The van der Waals surface area contributed by atoms with E-state index in [4.69, 9.17) is 0 Å². The van der Waals surface area contributed by atoms with Crippen molar-refractivity contribution in [1.29, 1.82) is 0 Å². The van der Waals surface area contributed by atoms with Gasteiger partial charge in [-0.3, -0.25) is 0 Å². The van der Waals surface area contributed by atoms with Crippen LogP contribution in [0.15, 0.2) is 42.7 Å². The average molecular weight is 404 g/mol. The van der Waals surface area contributed by atoms with Crippen molar-refractivity contribution < 1.29 is 17.9 Å². The highest BCUT2D eigenvalue weighted by molar-refractivity contribution is 5.67. The zero-order valence-electron chi connectivity index (χ0n) is 15.8. The number of rotatable bonds is 8. The zero-order chi connectivity index (χ0) is 20.8. The van der Waals surface area contributed by atoms with Crippen LogP contribution in [0.25, 0.3) is 11.1 Å². The maximum absolute atomic E-state index is 14.2. The van der Waals surface area contributed by atoms with Gasteiger partial charge in [-0.25, -0.2) is 9.37 Å². The third-order valence-electron chi connectivity index (χ3n) is 4.09. The lowest BCUT2D eigenvalue weighted by Crippen LogP contribution is -2.24. The van der Waals surface area contributed by atoms with Gasteiger partial charge in [-0.05, 0) is 37.6 Å². The lowest BCUT2D eigenvalue weighted by Gasteiger charge is -2.19. The first-order valence-corrected chi connectivity index (χ1v) is 8.92. The molecule has 0 saturated heterocycles. The summed E-state index contributed by atoms with van der Waals surface area (Å²) in [7, 11) is 0. The van der Waals surface area contributed by atoms with E-state index in [1.165, 1.54) is 18.3 Å². The second-order valence-electron chi connectivity index (χ2n) is 5.90. The maximum Gasteiger partial charge on any atom is 0.387 e. The highest BCUT2D eigenvalue weighted by atomic mass is 19.3. The molecule has 29 heavy (non-hydrogen) atoms. The minimum atomic E-state index is -2.89. The Bertz CT molecular complexity index is 951. The molecule has 0 fully saturated rings. The van der Waals surface area contributed by atoms with Crippen LogP contribution in [0.3, 0.4) is 0 Å². The SMILES string of the molecule is CCN(CC)c1ncc(F)c(Nc2cc(-c3ccc(OC(F)F)cc3)cnn2)n1. The van der Waals surface area contributed by atoms with E-state index < -0.39 is 12.4 Å². The fourth-order valence-corrected chi connectivity index (χ4v) is 2.64. The summed E-state index contributed by atoms with van der Waals surface area (Å²) in [5.41, 5.74) is 1.36. The summed E-state index contributed by atoms with van der Waals surface area (Å²) in [4.78, 5) is 10.1. The van der Waals surface area contributed by atoms with E-state index in [0.29, 0.717) is 30.2 Å². The molecule has 10 heteroatoms. The molecule has 3 aromatic rings. The Balaban J connectivity index is 1.82. The molecule has 0 aliphatic carbocycles. The van der Waals surface area contributed by atoms with Crippen LogP contribution >= 0.6 is 0 Å². The van der Waals surface area contributed by atoms with Gasteiger partial charge < -0.3 is 15.0 Å². The molecular weight excluding hydrogens is 385 g/mol. The summed E-state index contributed by atoms with van der Waals surface area (Å²) >= 11 is 0. The Kier molecular flexibility index (Phi) is 6.43. The molecule has 3 rings (SSSR count). The smallest absolute Gasteiger partial charge is 0.387 e. The highest BCUT2D eigenvalue weighted by Gasteiger charge is 2.12. The summed E-state index contributed by atoms with van der Waals surface area (Å²) in [6.07, 6.45) is 2.60. The lowest BCUT2D eigenvalue weighted by molar-refractivity contribution is -0.0498. The Morgan fingerprint density at radius 2 is 1.79 bits per heavy atom. The number of aromatic nitrogens is 4. The molecular formula is C19H19F3N6O. The van der Waals surface area contributed by atoms with Gasteiger partial charge in [-0.2, -0.15) is 18.9 Å². The van der Waals surface area contributed by atoms with Gasteiger partial charge in [-0.15, -0.1) is 5.10 Å². The first kappa shape index (κ1) is 20.3. The van der Waals surface area contributed by atoms with Crippen molar-refractivity contribution in [3.8, 4) is 16.9 Å². The molecule has 2 heterocycles. The monoisotopic (exact) mass is 404 g/mol. The Morgan fingerprint density at radius 1 is 1.07 bits per heavy atom. The number of benzene rings is 1. The van der Waals surface area contributed by atoms with Crippen LogP contribution in [0.2, 0.25) is 0 Å². The highest BCUT2D eigenvalue weighted by Crippen LogP contribution is 2.25. The summed E-state index contributed by atoms with van der Waals surface area (Å²) < 4.78 is 43.0. The van der Waals surface area contributed by atoms with Gasteiger partial charge in [0.1, 0.15) is 5.75 Å². The molecule has 0 aliphatic heterocycles. The van der Waals surface area contributed by atoms with Crippen molar-refractivity contribution in [3.05, 3.63) is 48.5 Å². The van der Waals surface area contributed by atoms with Crippen molar-refractivity contribution in [1.82, 2.24) is 20.2 Å². The zero-order valence-corrected chi connectivity index (χ0v) is 15.8. The van der Waals surface area contributed by atoms with Crippen LogP contribution in [0, 0.1) is 5.82 Å². The Hall–Kier alpha value is -3.43. The minimum Gasteiger partial charge on any atom is -0.435 e. The van der Waals surface area contributed by atoms with Gasteiger partial charge >= 0.3 is 6.61 Å². The molecule has 0 aliphatic rings. The van der Waals surface area contributed by atoms with E-state index in [1.54, 1.807) is 18.2 Å². The topological polar surface area (TPSA) is 76.1 Å². The third kappa shape index (κ3) is 5.09. The predicted octanol–water partition coefficient (Wildman–Crippen LogP) is 4.26. The molecule has 7 nitrogen and oxygen atoms in total. The van der Waals surface area contributed by atoms with Crippen LogP contribution in [0.5, 0.6) is 5.75 Å². The first-order chi connectivity index (χ1) is 14.0. The molecule has 1 aromatic carbocycles. The standard InChI is InChI=1S/C19H19F3N6O/c1-3-28(4-2)19-23-11-15(20)17(26-19)25-16-9-13(10-24-27-16)12-5-7-14(8-6-12)29-18(21)22/h5-11,18H,3-4H2,1-2H3,(H,23,25,26,27). The normalized spacial score (nSPS) is 10.8. The van der Waals surface area contributed by atoms with E-state index in [1.807, 2.05) is 18.7 Å². The second kappa shape index (κ2) is 9.18. The van der Waals surface area contributed by atoms with Crippen LogP contribution in [-0.4, -0.2) is 39.9 Å². The molecule has 0 spiro atoms. The van der Waals surface area contributed by atoms with Gasteiger partial charge in [0.05, 0.1) is 12.4 Å². The minimum absolute atomic E-state index is 0.0194. The fraction of sp³-hybridized carbons (Fsp3) is 0.263. The van der Waals surface area contributed by atoms with Gasteiger partial charge in [0.25, 0.3) is 0 Å². The maximum atomic E-state index is 14.2. The van der Waals surface area contributed by atoms with Crippen molar-refractivity contribution in [2.75, 3.05) is 23.3 Å². The van der Waals surface area contributed by atoms with Crippen molar-refractivity contribution in [3.63, 3.8) is 0 Å². The molecule has 0 atom stereocenters. The summed E-state index contributed by atoms with van der Waals surface area (Å²) in [6.45, 7) is 2.39. The number of ether oxygens (including phenoxy) is 1. The lowest BCUT2D eigenvalue weighted by atomic mass is 10.1. The van der Waals surface area contributed by atoms with Crippen molar-refractivity contribution >= 4 is 17.6 Å². The van der Waals surface area contributed by atoms with Crippen LogP contribution in [0.1, 0.15) is 13.8 Å². The molecule has 2 aromatic heterocycles. The molecule has 0 amide bonds. The number of nitrogens with zero attached hydrogens (tertiary/aromatic N) is 5. The summed E-state index contributed by atoms with van der Waals surface area (Å²) in [6, 6.07) is 7.73. The summed E-state index contributed by atoms with van der Waals surface area (Å²) in [5.74, 6) is 0.0860. The number of anilines is 3. The number of hydrogen-bond acceptors (Lipinski definition) is 7. The number of hydrogen-bond donors (Lipinski definition) is 1. The average Bonchev–Trinajstić information content (AvgIpc) is 2.71. The van der Waals surface area contributed by atoms with Gasteiger partial charge in [0, 0.05) is 18.7 Å². The van der Waals surface area contributed by atoms with Gasteiger partial charge in [-0.1, -0.05) is 12.1 Å². The van der Waals surface area contributed by atoms with Crippen LogP contribution in [0.4, 0.5) is 30.8 Å². The second-order valence-corrected chi connectivity index (χ2v) is 5.90. The molecule has 0 bridgehead atoms. The number of nitrogens with one attached hydrogen (secondary N) is 1. The van der Waals surface area contributed by atoms with Crippen molar-refractivity contribution in [2.45, 2.75) is 20.5 Å². The Morgan fingerprint density at radius 3 is 2.45 bits per heavy atom. The molecule has 0 saturated carbocycles. The van der Waals surface area contributed by atoms with Gasteiger partial charge in [0.2, 0.25) is 5.95 Å². The van der Waals surface area contributed by atoms with E-state index >= 15 is 0 Å². The molecule has 0 radical (unpaired) electrons. The van der Waals surface area contributed by atoms with Crippen LogP contribution in [-0.2, 0) is 0 Å². The van der Waals surface area contributed by atoms with E-state index in [0.717, 1.165) is 6.20 Å². The third-order valence-corrected chi connectivity index (χ3v) is 4.09. The van der Waals surface area contributed by atoms with E-state index in [-0.39, 0.29) is 17.4 Å². The van der Waals surface area contributed by atoms with Crippen LogP contribution < -0.4 is 15.0 Å². The Labute approximate surface area is 165 Å². The van der Waals surface area contributed by atoms with Crippen molar-refractivity contribution in [2.24, 2.45) is 0 Å². The number of halogens is 3. The first-order valence-electron chi connectivity index (χ1n) is 8.92. The largest absolute Gasteiger partial charge is 0.435 e. The fourth-order valence-electron chi connectivity index (χ4n) is 2.64. The quantitative estimate of drug-likeness (QED) is 0.601. The molecule has 1 N–H and O–H groups in total. The predicted molar refractivity (Wildman–Crippen MR) is 103 cm³/mol. The summed E-state index contributed by atoms with van der Waals surface area (Å²) in [5, 5.41) is 10.7. The molecule has 0 unspecified atom stereocenters. The van der Waals surface area contributed by atoms with Gasteiger partial charge in [0.15, 0.2) is 17.5 Å².